The van der Waals surface area contributed by atoms with E-state index in [0.29, 0.717) is 5.70 Å². The Bertz CT molecular complexity index is 638. The highest BCUT2D eigenvalue weighted by molar-refractivity contribution is 9.10. The van der Waals surface area contributed by atoms with Gasteiger partial charge in [-0.2, -0.15) is 0 Å². The third kappa shape index (κ3) is 4.56. The molecular weight excluding hydrogens is 332 g/mol. The summed E-state index contributed by atoms with van der Waals surface area (Å²) in [6.45, 7) is 5.53. The van der Waals surface area contributed by atoms with Gasteiger partial charge >= 0.3 is 5.97 Å². The van der Waals surface area contributed by atoms with Gasteiger partial charge in [-0.1, -0.05) is 28.1 Å². The lowest BCUT2D eigenvalue weighted by Crippen LogP contribution is -2.23. The van der Waals surface area contributed by atoms with Crippen LogP contribution in [0.5, 0.6) is 0 Å². The smallest absolute Gasteiger partial charge is 0.333 e. The van der Waals surface area contributed by atoms with Crippen LogP contribution in [0.3, 0.4) is 0 Å². The Morgan fingerprint density at radius 3 is 2.48 bits per heavy atom. The number of halogens is 1. The van der Waals surface area contributed by atoms with E-state index in [2.05, 4.69) is 20.9 Å². The monoisotopic (exact) mass is 348 g/mol. The first-order valence-electron chi connectivity index (χ1n) is 6.54. The molecule has 0 N–H and O–H groups in total. The molecule has 5 heteroatoms. The van der Waals surface area contributed by atoms with E-state index in [1.165, 1.54) is 6.08 Å². The summed E-state index contributed by atoms with van der Waals surface area (Å²) in [5.74, 6) is -0.380. The Hall–Kier alpha value is -1.88. The van der Waals surface area contributed by atoms with Crippen molar-refractivity contribution >= 4 is 27.6 Å². The molecule has 1 aromatic carbocycles. The average Bonchev–Trinajstić information content (AvgIpc) is 2.88. The molecule has 1 aromatic heterocycles. The standard InChI is InChI=1S/C16H17BrN2O2/c1-16(2,3)21-15(20)10-14(19-9-8-18-11-19)12-4-6-13(17)7-5-12/h4-11H,1-3H3. The van der Waals surface area contributed by atoms with E-state index in [9.17, 15) is 4.79 Å². The second-order valence-electron chi connectivity index (χ2n) is 5.54. The normalized spacial score (nSPS) is 12.3. The molecule has 0 saturated carbocycles. The maximum absolute atomic E-state index is 12.1. The van der Waals surface area contributed by atoms with Crippen LogP contribution in [0.1, 0.15) is 26.3 Å². The number of hydrogen-bond donors (Lipinski definition) is 0. The Morgan fingerprint density at radius 2 is 1.95 bits per heavy atom. The van der Waals surface area contributed by atoms with Crippen molar-refractivity contribution < 1.29 is 9.53 Å². The van der Waals surface area contributed by atoms with Crippen LogP contribution in [-0.4, -0.2) is 21.1 Å². The van der Waals surface area contributed by atoms with E-state index in [-0.39, 0.29) is 5.97 Å². The van der Waals surface area contributed by atoms with Crippen molar-refractivity contribution in [2.45, 2.75) is 26.4 Å². The molecule has 1 heterocycles. The summed E-state index contributed by atoms with van der Waals surface area (Å²) in [6.07, 6.45) is 6.59. The van der Waals surface area contributed by atoms with E-state index in [1.807, 2.05) is 45.0 Å². The topological polar surface area (TPSA) is 44.1 Å². The van der Waals surface area contributed by atoms with Crippen LogP contribution >= 0.6 is 15.9 Å². The third-order valence-electron chi connectivity index (χ3n) is 2.58. The van der Waals surface area contributed by atoms with Gasteiger partial charge in [0.2, 0.25) is 0 Å². The van der Waals surface area contributed by atoms with Crippen LogP contribution in [0.4, 0.5) is 0 Å². The number of carbonyl (C=O) groups excluding carboxylic acids is 1. The minimum absolute atomic E-state index is 0.380. The van der Waals surface area contributed by atoms with Gasteiger partial charge in [0.05, 0.1) is 12.0 Å². The minimum atomic E-state index is -0.520. The minimum Gasteiger partial charge on any atom is -0.457 e. The van der Waals surface area contributed by atoms with Gasteiger partial charge in [-0.15, -0.1) is 0 Å². The summed E-state index contributed by atoms with van der Waals surface area (Å²) in [5, 5.41) is 0. The van der Waals surface area contributed by atoms with E-state index in [4.69, 9.17) is 4.74 Å². The number of nitrogens with zero attached hydrogens (tertiary/aromatic N) is 2. The van der Waals surface area contributed by atoms with Gasteiger partial charge in [-0.05, 0) is 38.5 Å². The highest BCUT2D eigenvalue weighted by atomic mass is 79.9. The molecule has 0 aliphatic heterocycles. The largest absolute Gasteiger partial charge is 0.457 e. The van der Waals surface area contributed by atoms with Gasteiger partial charge < -0.3 is 9.30 Å². The van der Waals surface area contributed by atoms with Crippen molar-refractivity contribution in [1.29, 1.82) is 0 Å². The number of aromatic nitrogens is 2. The Morgan fingerprint density at radius 1 is 1.29 bits per heavy atom. The summed E-state index contributed by atoms with van der Waals surface area (Å²) < 4.78 is 8.12. The molecule has 0 aliphatic carbocycles. The number of benzene rings is 1. The summed E-state index contributed by atoms with van der Waals surface area (Å²) in [7, 11) is 0. The van der Waals surface area contributed by atoms with Crippen molar-refractivity contribution in [2.24, 2.45) is 0 Å². The fraction of sp³-hybridized carbons (Fsp3) is 0.250. The van der Waals surface area contributed by atoms with E-state index in [0.717, 1.165) is 10.0 Å². The number of rotatable bonds is 3. The zero-order valence-electron chi connectivity index (χ0n) is 12.2. The van der Waals surface area contributed by atoms with Crippen molar-refractivity contribution in [2.75, 3.05) is 0 Å². The fourth-order valence-corrected chi connectivity index (χ4v) is 2.04. The second kappa shape index (κ2) is 6.26. The van der Waals surface area contributed by atoms with E-state index >= 15 is 0 Å². The van der Waals surface area contributed by atoms with Crippen molar-refractivity contribution in [1.82, 2.24) is 9.55 Å². The van der Waals surface area contributed by atoms with Crippen LogP contribution in [0.25, 0.3) is 5.70 Å². The lowest BCUT2D eigenvalue weighted by atomic mass is 10.1. The van der Waals surface area contributed by atoms with E-state index < -0.39 is 5.60 Å². The molecule has 0 radical (unpaired) electrons. The van der Waals surface area contributed by atoms with Crippen LogP contribution in [0.15, 0.2) is 53.5 Å². The number of ether oxygens (including phenoxy) is 1. The predicted octanol–water partition coefficient (Wildman–Crippen LogP) is 3.88. The lowest BCUT2D eigenvalue weighted by Gasteiger charge is -2.19. The molecule has 0 aliphatic rings. The molecule has 21 heavy (non-hydrogen) atoms. The first-order valence-corrected chi connectivity index (χ1v) is 7.33. The number of imidazole rings is 1. The maximum atomic E-state index is 12.1. The quantitative estimate of drug-likeness (QED) is 0.624. The Kier molecular flexibility index (Phi) is 4.63. The lowest BCUT2D eigenvalue weighted by molar-refractivity contribution is -0.148. The Balaban J connectivity index is 2.38. The van der Waals surface area contributed by atoms with Gasteiger partial charge in [-0.25, -0.2) is 9.78 Å². The van der Waals surface area contributed by atoms with Gasteiger partial charge in [0.1, 0.15) is 5.60 Å². The molecule has 0 fully saturated rings. The Labute approximate surface area is 132 Å². The highest BCUT2D eigenvalue weighted by Crippen LogP contribution is 2.20. The van der Waals surface area contributed by atoms with Crippen molar-refractivity contribution in [3.05, 3.63) is 59.1 Å². The van der Waals surface area contributed by atoms with Gasteiger partial charge in [0.25, 0.3) is 0 Å². The van der Waals surface area contributed by atoms with Gasteiger partial charge in [-0.3, -0.25) is 0 Å². The second-order valence-corrected chi connectivity index (χ2v) is 6.46. The highest BCUT2D eigenvalue weighted by Gasteiger charge is 2.16. The first-order chi connectivity index (χ1) is 9.85. The number of esters is 1. The molecule has 0 bridgehead atoms. The summed E-state index contributed by atoms with van der Waals surface area (Å²) in [4.78, 5) is 16.1. The fourth-order valence-electron chi connectivity index (χ4n) is 1.77. The van der Waals surface area contributed by atoms with Crippen molar-refractivity contribution in [3.63, 3.8) is 0 Å². The third-order valence-corrected chi connectivity index (χ3v) is 3.11. The molecule has 110 valence electrons. The van der Waals surface area contributed by atoms with Crippen LogP contribution in [0, 0.1) is 0 Å². The van der Waals surface area contributed by atoms with Crippen molar-refractivity contribution in [3.8, 4) is 0 Å². The zero-order chi connectivity index (χ0) is 15.5. The molecule has 4 nitrogen and oxygen atoms in total. The number of carbonyl (C=O) groups is 1. The SMILES string of the molecule is CC(C)(C)OC(=O)C=C(c1ccc(Br)cc1)n1ccnc1. The molecule has 0 amide bonds. The molecule has 0 unspecified atom stereocenters. The maximum Gasteiger partial charge on any atom is 0.333 e. The van der Waals surface area contributed by atoms with Crippen LogP contribution < -0.4 is 0 Å². The molecule has 2 rings (SSSR count). The number of hydrogen-bond acceptors (Lipinski definition) is 3. The molecular formula is C16H17BrN2O2. The first kappa shape index (κ1) is 15.5. The molecule has 2 aromatic rings. The molecule has 0 spiro atoms. The van der Waals surface area contributed by atoms with Gasteiger partial charge in [0, 0.05) is 22.9 Å². The summed E-state index contributed by atoms with van der Waals surface area (Å²) in [6, 6.07) is 7.71. The average molecular weight is 349 g/mol. The van der Waals surface area contributed by atoms with Gasteiger partial charge in [0.15, 0.2) is 0 Å². The predicted molar refractivity (Wildman–Crippen MR) is 85.6 cm³/mol. The molecule has 0 saturated heterocycles. The summed E-state index contributed by atoms with van der Waals surface area (Å²) in [5.41, 5.74) is 1.10. The van der Waals surface area contributed by atoms with Crippen LogP contribution in [-0.2, 0) is 9.53 Å². The summed E-state index contributed by atoms with van der Waals surface area (Å²) >= 11 is 3.40. The molecule has 0 atom stereocenters. The zero-order valence-corrected chi connectivity index (χ0v) is 13.8. The van der Waals surface area contributed by atoms with E-state index in [1.54, 1.807) is 23.3 Å². The van der Waals surface area contributed by atoms with Crippen LogP contribution in [0.2, 0.25) is 0 Å².